The average molecular weight is 398 g/mol. The fourth-order valence-corrected chi connectivity index (χ4v) is 3.07. The molecule has 0 unspecified atom stereocenters. The van der Waals surface area contributed by atoms with Crippen molar-refractivity contribution in [2.24, 2.45) is 0 Å². The lowest BCUT2D eigenvalue weighted by Gasteiger charge is -2.10. The van der Waals surface area contributed by atoms with Crippen LogP contribution in [0.1, 0.15) is 15.9 Å². The van der Waals surface area contributed by atoms with Gasteiger partial charge in [-0.15, -0.1) is 0 Å². The first kappa shape index (κ1) is 17.5. The van der Waals surface area contributed by atoms with Crippen molar-refractivity contribution < 1.29 is 9.21 Å². The summed E-state index contributed by atoms with van der Waals surface area (Å²) in [6.45, 7) is 1.89. The highest BCUT2D eigenvalue weighted by Gasteiger charge is 2.14. The Kier molecular flexibility index (Phi) is 4.56. The second kappa shape index (κ2) is 7.02. The van der Waals surface area contributed by atoms with Crippen LogP contribution in [-0.2, 0) is 0 Å². The molecule has 2 aromatic heterocycles. The molecule has 7 heteroatoms. The van der Waals surface area contributed by atoms with Gasteiger partial charge in [0.1, 0.15) is 0 Å². The third-order valence-electron chi connectivity index (χ3n) is 4.06. The fraction of sp³-hybridized carbons (Fsp3) is 0.0500. The van der Waals surface area contributed by atoms with E-state index in [0.717, 1.165) is 11.1 Å². The molecule has 0 aliphatic heterocycles. The summed E-state index contributed by atoms with van der Waals surface area (Å²) < 4.78 is 5.74. The molecule has 0 bridgehead atoms. The Morgan fingerprint density at radius 1 is 1.11 bits per heavy atom. The lowest BCUT2D eigenvalue weighted by atomic mass is 10.1. The third kappa shape index (κ3) is 3.52. The number of nitrogens with one attached hydrogen (secondary N) is 1. The van der Waals surface area contributed by atoms with Gasteiger partial charge in [-0.25, -0.2) is 4.98 Å². The monoisotopic (exact) mass is 397 g/mol. The zero-order chi connectivity index (χ0) is 19.0. The van der Waals surface area contributed by atoms with Crippen molar-refractivity contribution in [2.75, 3.05) is 5.32 Å². The maximum Gasteiger partial charge on any atom is 0.257 e. The standard InChI is InChI=1S/C20H13Cl2N3O2/c1-11-9-12(20-25-18-17(27-20)3-2-8-23-18)4-7-16(11)24-19(26)14-10-13(21)5-6-15(14)22/h2-10H,1H3,(H,24,26). The molecule has 2 aromatic carbocycles. The Morgan fingerprint density at radius 3 is 2.74 bits per heavy atom. The summed E-state index contributed by atoms with van der Waals surface area (Å²) >= 11 is 12.1. The summed E-state index contributed by atoms with van der Waals surface area (Å²) in [7, 11) is 0. The predicted molar refractivity (Wildman–Crippen MR) is 106 cm³/mol. The van der Waals surface area contributed by atoms with E-state index in [-0.39, 0.29) is 5.91 Å². The molecule has 1 N–H and O–H groups in total. The van der Waals surface area contributed by atoms with E-state index < -0.39 is 0 Å². The molecule has 0 aliphatic carbocycles. The van der Waals surface area contributed by atoms with E-state index in [4.69, 9.17) is 27.6 Å². The van der Waals surface area contributed by atoms with Gasteiger partial charge in [-0.3, -0.25) is 4.79 Å². The zero-order valence-electron chi connectivity index (χ0n) is 14.2. The number of carbonyl (C=O) groups excluding carboxylic acids is 1. The normalized spacial score (nSPS) is 10.9. The van der Waals surface area contributed by atoms with Crippen LogP contribution in [0.2, 0.25) is 10.0 Å². The number of anilines is 1. The van der Waals surface area contributed by atoms with Crippen molar-refractivity contribution in [3.63, 3.8) is 0 Å². The molecular weight excluding hydrogens is 385 g/mol. The number of fused-ring (bicyclic) bond motifs is 1. The molecule has 0 saturated heterocycles. The van der Waals surface area contributed by atoms with Gasteiger partial charge in [-0.2, -0.15) is 4.98 Å². The van der Waals surface area contributed by atoms with Crippen LogP contribution in [0.15, 0.2) is 59.1 Å². The predicted octanol–water partition coefficient (Wildman–Crippen LogP) is 5.76. The smallest absolute Gasteiger partial charge is 0.257 e. The summed E-state index contributed by atoms with van der Waals surface area (Å²) in [5.74, 6) is 0.145. The molecule has 0 fully saturated rings. The maximum absolute atomic E-state index is 12.5. The van der Waals surface area contributed by atoms with Crippen LogP contribution in [-0.4, -0.2) is 15.9 Å². The molecule has 134 valence electrons. The number of aryl methyl sites for hydroxylation is 1. The van der Waals surface area contributed by atoms with Gasteiger partial charge >= 0.3 is 0 Å². The van der Waals surface area contributed by atoms with E-state index in [1.807, 2.05) is 25.1 Å². The van der Waals surface area contributed by atoms with Crippen LogP contribution >= 0.6 is 23.2 Å². The van der Waals surface area contributed by atoms with Gasteiger partial charge in [-0.1, -0.05) is 23.2 Å². The number of hydrogen-bond donors (Lipinski definition) is 1. The van der Waals surface area contributed by atoms with Gasteiger partial charge in [-0.05, 0) is 61.0 Å². The van der Waals surface area contributed by atoms with Crippen LogP contribution in [0, 0.1) is 6.92 Å². The van der Waals surface area contributed by atoms with E-state index in [9.17, 15) is 4.79 Å². The Hall–Kier alpha value is -2.89. The molecule has 27 heavy (non-hydrogen) atoms. The highest BCUT2D eigenvalue weighted by atomic mass is 35.5. The van der Waals surface area contributed by atoms with E-state index in [0.29, 0.717) is 38.4 Å². The van der Waals surface area contributed by atoms with E-state index >= 15 is 0 Å². The Morgan fingerprint density at radius 2 is 1.96 bits per heavy atom. The number of nitrogens with zero attached hydrogens (tertiary/aromatic N) is 2. The third-order valence-corrected chi connectivity index (χ3v) is 4.62. The van der Waals surface area contributed by atoms with Crippen molar-refractivity contribution >= 4 is 46.0 Å². The van der Waals surface area contributed by atoms with Crippen molar-refractivity contribution in [2.45, 2.75) is 6.92 Å². The van der Waals surface area contributed by atoms with Crippen molar-refractivity contribution in [1.29, 1.82) is 0 Å². The lowest BCUT2D eigenvalue weighted by Crippen LogP contribution is -2.13. The van der Waals surface area contributed by atoms with Crippen LogP contribution < -0.4 is 5.32 Å². The maximum atomic E-state index is 12.5. The van der Waals surface area contributed by atoms with Gasteiger partial charge in [0.05, 0.1) is 10.6 Å². The second-order valence-electron chi connectivity index (χ2n) is 5.95. The van der Waals surface area contributed by atoms with Crippen molar-refractivity contribution in [1.82, 2.24) is 9.97 Å². The molecule has 0 spiro atoms. The number of aromatic nitrogens is 2. The molecule has 4 aromatic rings. The van der Waals surface area contributed by atoms with Gasteiger partial charge in [0.2, 0.25) is 5.89 Å². The zero-order valence-corrected chi connectivity index (χ0v) is 15.7. The molecule has 0 aliphatic rings. The summed E-state index contributed by atoms with van der Waals surface area (Å²) in [4.78, 5) is 21.1. The molecular formula is C20H13Cl2N3O2. The Labute approximate surface area is 165 Å². The van der Waals surface area contributed by atoms with Crippen molar-refractivity contribution in [3.8, 4) is 11.5 Å². The van der Waals surface area contributed by atoms with Crippen LogP contribution in [0.4, 0.5) is 5.69 Å². The summed E-state index contributed by atoms with van der Waals surface area (Å²) in [5.41, 5.74) is 3.81. The molecule has 0 radical (unpaired) electrons. The Balaban J connectivity index is 1.62. The van der Waals surface area contributed by atoms with Gasteiger partial charge in [0, 0.05) is 22.5 Å². The summed E-state index contributed by atoms with van der Waals surface area (Å²) in [5, 5.41) is 3.64. The number of pyridine rings is 1. The highest BCUT2D eigenvalue weighted by Crippen LogP contribution is 2.28. The van der Waals surface area contributed by atoms with Crippen LogP contribution in [0.5, 0.6) is 0 Å². The molecule has 4 rings (SSSR count). The number of halogens is 2. The number of rotatable bonds is 3. The second-order valence-corrected chi connectivity index (χ2v) is 6.80. The first-order chi connectivity index (χ1) is 13.0. The van der Waals surface area contributed by atoms with E-state index in [1.165, 1.54) is 6.07 Å². The minimum Gasteiger partial charge on any atom is -0.434 e. The first-order valence-corrected chi connectivity index (χ1v) is 8.86. The largest absolute Gasteiger partial charge is 0.434 e. The van der Waals surface area contributed by atoms with E-state index in [2.05, 4.69) is 15.3 Å². The first-order valence-electron chi connectivity index (χ1n) is 8.10. The Bertz CT molecular complexity index is 1140. The minimum atomic E-state index is -0.329. The SMILES string of the molecule is Cc1cc(-c2nc3ncccc3o2)ccc1NC(=O)c1cc(Cl)ccc1Cl. The average Bonchev–Trinajstić information content (AvgIpc) is 3.09. The lowest BCUT2D eigenvalue weighted by molar-refractivity contribution is 0.102. The highest BCUT2D eigenvalue weighted by molar-refractivity contribution is 6.36. The number of hydrogen-bond acceptors (Lipinski definition) is 4. The van der Waals surface area contributed by atoms with E-state index in [1.54, 1.807) is 30.5 Å². The minimum absolute atomic E-state index is 0.317. The summed E-state index contributed by atoms with van der Waals surface area (Å²) in [6, 6.07) is 13.9. The molecule has 0 atom stereocenters. The summed E-state index contributed by atoms with van der Waals surface area (Å²) in [6.07, 6.45) is 1.67. The van der Waals surface area contributed by atoms with Crippen LogP contribution in [0.25, 0.3) is 22.7 Å². The topological polar surface area (TPSA) is 68.0 Å². The number of carbonyl (C=O) groups is 1. The molecule has 5 nitrogen and oxygen atoms in total. The fourth-order valence-electron chi connectivity index (χ4n) is 2.69. The van der Waals surface area contributed by atoms with Gasteiger partial charge in [0.25, 0.3) is 5.91 Å². The number of oxazole rings is 1. The number of amides is 1. The van der Waals surface area contributed by atoms with Gasteiger partial charge in [0.15, 0.2) is 11.2 Å². The molecule has 0 saturated carbocycles. The van der Waals surface area contributed by atoms with Crippen molar-refractivity contribution in [3.05, 3.63) is 75.9 Å². The van der Waals surface area contributed by atoms with Gasteiger partial charge < -0.3 is 9.73 Å². The number of benzene rings is 2. The van der Waals surface area contributed by atoms with Crippen LogP contribution in [0.3, 0.4) is 0 Å². The molecule has 2 heterocycles. The quantitative estimate of drug-likeness (QED) is 0.477. The molecule has 1 amide bonds.